The van der Waals surface area contributed by atoms with E-state index in [0.29, 0.717) is 17.8 Å². The van der Waals surface area contributed by atoms with Crippen molar-refractivity contribution in [2.45, 2.75) is 33.2 Å². The van der Waals surface area contributed by atoms with E-state index in [9.17, 15) is 14.7 Å². The highest BCUT2D eigenvalue weighted by Gasteiger charge is 2.46. The fourth-order valence-corrected chi connectivity index (χ4v) is 4.62. The van der Waals surface area contributed by atoms with Crippen LogP contribution in [0.25, 0.3) is 11.4 Å². The monoisotopic (exact) mass is 473 g/mol. The number of Topliss-reactive ketones (excluding diaryl/α,β-unsaturated/α-hetero) is 1. The number of carbonyl (C=O) groups excluding carboxylic acids is 2. The highest BCUT2D eigenvalue weighted by atomic mass is 16.3. The van der Waals surface area contributed by atoms with Crippen LogP contribution in [0, 0.1) is 6.92 Å². The molecule has 1 amide bonds. The van der Waals surface area contributed by atoms with E-state index in [1.807, 2.05) is 37.3 Å². The summed E-state index contributed by atoms with van der Waals surface area (Å²) in [5.41, 5.74) is 2.76. The van der Waals surface area contributed by atoms with Gasteiger partial charge in [0.1, 0.15) is 5.76 Å². The molecule has 0 bridgehead atoms. The van der Waals surface area contributed by atoms with Crippen molar-refractivity contribution in [1.29, 1.82) is 0 Å². The molecule has 0 aliphatic carbocycles. The molecule has 0 unspecified atom stereocenters. The third-order valence-corrected chi connectivity index (χ3v) is 6.60. The number of pyridine rings is 1. The van der Waals surface area contributed by atoms with Gasteiger partial charge in [-0.15, -0.1) is 0 Å². The zero-order chi connectivity index (χ0) is 24.9. The lowest BCUT2D eigenvalue weighted by Crippen LogP contribution is -2.33. The molecule has 182 valence electrons. The van der Waals surface area contributed by atoms with Crippen molar-refractivity contribution >= 4 is 17.4 Å². The smallest absolute Gasteiger partial charge is 0.295 e. The minimum absolute atomic E-state index is 0.0831. The fourth-order valence-electron chi connectivity index (χ4n) is 4.62. The Morgan fingerprint density at radius 2 is 1.74 bits per heavy atom. The normalized spacial score (nSPS) is 17.5. The van der Waals surface area contributed by atoms with Crippen LogP contribution in [-0.2, 0) is 9.59 Å². The molecule has 2 aromatic heterocycles. The Balaban J connectivity index is 1.74. The maximum Gasteiger partial charge on any atom is 0.295 e. The van der Waals surface area contributed by atoms with Crippen molar-refractivity contribution < 1.29 is 14.7 Å². The van der Waals surface area contributed by atoms with Gasteiger partial charge in [-0.2, -0.15) is 5.10 Å². The van der Waals surface area contributed by atoms with Crippen LogP contribution in [0.15, 0.2) is 66.6 Å². The van der Waals surface area contributed by atoms with Crippen molar-refractivity contribution in [1.82, 2.24) is 24.6 Å². The van der Waals surface area contributed by atoms with Gasteiger partial charge in [0.05, 0.1) is 34.8 Å². The van der Waals surface area contributed by atoms with E-state index in [0.717, 1.165) is 37.3 Å². The summed E-state index contributed by atoms with van der Waals surface area (Å²) in [5, 5.41) is 15.8. The average molecular weight is 474 g/mol. The van der Waals surface area contributed by atoms with E-state index in [2.05, 4.69) is 28.8 Å². The number of hydrogen-bond acceptors (Lipinski definition) is 6. The van der Waals surface area contributed by atoms with Crippen LogP contribution >= 0.6 is 0 Å². The lowest BCUT2D eigenvalue weighted by Gasteiger charge is -2.26. The molecule has 0 spiro atoms. The molecule has 1 fully saturated rings. The van der Waals surface area contributed by atoms with Crippen molar-refractivity contribution in [3.05, 3.63) is 83.4 Å². The second-order valence-electron chi connectivity index (χ2n) is 8.54. The summed E-state index contributed by atoms with van der Waals surface area (Å²) in [5.74, 6) is -1.49. The Morgan fingerprint density at radius 3 is 2.40 bits per heavy atom. The van der Waals surface area contributed by atoms with E-state index >= 15 is 0 Å². The molecular formula is C27H31N5O3. The molecule has 0 saturated carbocycles. The van der Waals surface area contributed by atoms with Gasteiger partial charge in [0, 0.05) is 18.9 Å². The minimum Gasteiger partial charge on any atom is -0.507 e. The second kappa shape index (κ2) is 10.7. The molecule has 3 heterocycles. The third-order valence-electron chi connectivity index (χ3n) is 6.60. The summed E-state index contributed by atoms with van der Waals surface area (Å²) in [6, 6.07) is 12.4. The first-order valence-corrected chi connectivity index (χ1v) is 12.0. The molecule has 3 aromatic rings. The Hall–Kier alpha value is -3.78. The molecule has 1 aliphatic heterocycles. The van der Waals surface area contributed by atoms with Crippen LogP contribution in [0.2, 0.25) is 0 Å². The fraction of sp³-hybridized carbons (Fsp3) is 0.333. The zero-order valence-electron chi connectivity index (χ0n) is 20.4. The predicted molar refractivity (Wildman–Crippen MR) is 134 cm³/mol. The summed E-state index contributed by atoms with van der Waals surface area (Å²) < 4.78 is 1.71. The Bertz CT molecular complexity index is 1220. The number of benzene rings is 1. The maximum atomic E-state index is 13.2. The number of amides is 1. The van der Waals surface area contributed by atoms with Gasteiger partial charge in [-0.25, -0.2) is 4.68 Å². The summed E-state index contributed by atoms with van der Waals surface area (Å²) in [6.07, 6.45) is 5.52. The maximum absolute atomic E-state index is 13.2. The molecule has 4 rings (SSSR count). The van der Waals surface area contributed by atoms with Gasteiger partial charge in [0.2, 0.25) is 0 Å². The molecule has 8 heteroatoms. The highest BCUT2D eigenvalue weighted by Crippen LogP contribution is 2.39. The number of rotatable bonds is 9. The number of likely N-dealkylation sites (tertiary alicyclic amines) is 1. The number of hydrogen-bond donors (Lipinski definition) is 1. The number of nitrogens with zero attached hydrogens (tertiary/aromatic N) is 5. The molecular weight excluding hydrogens is 442 g/mol. The number of para-hydroxylation sites is 1. The van der Waals surface area contributed by atoms with Gasteiger partial charge in [-0.1, -0.05) is 32.0 Å². The molecule has 1 aromatic carbocycles. The van der Waals surface area contributed by atoms with Gasteiger partial charge >= 0.3 is 0 Å². The van der Waals surface area contributed by atoms with Crippen LogP contribution in [0.1, 0.15) is 43.1 Å². The van der Waals surface area contributed by atoms with Crippen molar-refractivity contribution in [3.63, 3.8) is 0 Å². The van der Waals surface area contributed by atoms with Gasteiger partial charge in [-0.3, -0.25) is 14.6 Å². The number of aliphatic hydroxyl groups is 1. The first-order valence-electron chi connectivity index (χ1n) is 12.0. The lowest BCUT2D eigenvalue weighted by molar-refractivity contribution is -0.140. The summed E-state index contributed by atoms with van der Waals surface area (Å²) in [7, 11) is 0. The van der Waals surface area contributed by atoms with Crippen LogP contribution in [0.3, 0.4) is 0 Å². The predicted octanol–water partition coefficient (Wildman–Crippen LogP) is 3.73. The number of ketones is 1. The zero-order valence-corrected chi connectivity index (χ0v) is 20.4. The molecule has 1 saturated heterocycles. The molecule has 0 radical (unpaired) electrons. The standard InChI is InChI=1S/C27H31N5O3/c1-4-30(5-2)16-9-17-31-24(20-12-14-28-15-13-20)23(26(34)27(31)35)25(33)22-18-29-32(19(22)3)21-10-7-6-8-11-21/h6-8,10-15,18,24,33H,4-5,9,16-17H2,1-3H3/t24-/m0/s1. The quantitative estimate of drug-likeness (QED) is 0.289. The molecule has 1 atom stereocenters. The van der Waals surface area contributed by atoms with Crippen LogP contribution in [0.5, 0.6) is 0 Å². The van der Waals surface area contributed by atoms with Crippen molar-refractivity contribution in [2.24, 2.45) is 0 Å². The highest BCUT2D eigenvalue weighted by molar-refractivity contribution is 6.46. The summed E-state index contributed by atoms with van der Waals surface area (Å²) in [4.78, 5) is 34.3. The van der Waals surface area contributed by atoms with Crippen molar-refractivity contribution in [2.75, 3.05) is 26.2 Å². The van der Waals surface area contributed by atoms with E-state index in [4.69, 9.17) is 0 Å². The van der Waals surface area contributed by atoms with E-state index in [1.165, 1.54) is 6.20 Å². The molecule has 8 nitrogen and oxygen atoms in total. The largest absolute Gasteiger partial charge is 0.507 e. The van der Waals surface area contributed by atoms with Crippen molar-refractivity contribution in [3.8, 4) is 5.69 Å². The van der Waals surface area contributed by atoms with Gasteiger partial charge in [-0.05, 0) is 62.8 Å². The van der Waals surface area contributed by atoms with E-state index in [1.54, 1.807) is 34.1 Å². The van der Waals surface area contributed by atoms with Gasteiger partial charge in [0.15, 0.2) is 0 Å². The Labute approximate surface area is 205 Å². The number of aliphatic hydroxyl groups excluding tert-OH is 1. The van der Waals surface area contributed by atoms with Gasteiger partial charge < -0.3 is 14.9 Å². The number of aromatic nitrogens is 3. The average Bonchev–Trinajstić information content (AvgIpc) is 3.40. The molecule has 1 N–H and O–H groups in total. The van der Waals surface area contributed by atoms with Crippen LogP contribution < -0.4 is 0 Å². The summed E-state index contributed by atoms with van der Waals surface area (Å²) in [6.45, 7) is 9.11. The molecule has 35 heavy (non-hydrogen) atoms. The second-order valence-corrected chi connectivity index (χ2v) is 8.54. The Morgan fingerprint density at radius 1 is 1.06 bits per heavy atom. The molecule has 1 aliphatic rings. The number of carbonyl (C=O) groups is 2. The van der Waals surface area contributed by atoms with E-state index < -0.39 is 17.7 Å². The van der Waals surface area contributed by atoms with Crippen LogP contribution in [0.4, 0.5) is 0 Å². The first kappa shape index (κ1) is 24.3. The van der Waals surface area contributed by atoms with Crippen LogP contribution in [-0.4, -0.2) is 67.5 Å². The Kier molecular flexibility index (Phi) is 7.41. The first-order chi connectivity index (χ1) is 17.0. The topological polar surface area (TPSA) is 91.6 Å². The lowest BCUT2D eigenvalue weighted by atomic mass is 9.96. The van der Waals surface area contributed by atoms with Gasteiger partial charge in [0.25, 0.3) is 11.7 Å². The minimum atomic E-state index is -0.686. The third kappa shape index (κ3) is 4.74. The van der Waals surface area contributed by atoms with E-state index in [-0.39, 0.29) is 11.3 Å². The summed E-state index contributed by atoms with van der Waals surface area (Å²) >= 11 is 0. The SMILES string of the molecule is CCN(CC)CCCN1C(=O)C(=O)C(=C(O)c2cnn(-c3ccccc3)c2C)[C@@H]1c1ccncc1.